The van der Waals surface area contributed by atoms with Crippen LogP contribution in [-0.4, -0.2) is 47.4 Å². The van der Waals surface area contributed by atoms with Crippen molar-refractivity contribution in [1.82, 2.24) is 5.32 Å². The van der Waals surface area contributed by atoms with Crippen molar-refractivity contribution in [2.45, 2.75) is 456 Å². The molecule has 0 aliphatic rings. The van der Waals surface area contributed by atoms with Crippen LogP contribution in [0.3, 0.4) is 0 Å². The van der Waals surface area contributed by atoms with Gasteiger partial charge in [0.25, 0.3) is 0 Å². The van der Waals surface area contributed by atoms with Crippen LogP contribution in [0.25, 0.3) is 0 Å². The number of allylic oxidation sites excluding steroid dienone is 5. The lowest BCUT2D eigenvalue weighted by Gasteiger charge is -2.20. The molecule has 0 aromatic carbocycles. The summed E-state index contributed by atoms with van der Waals surface area (Å²) in [6.07, 6.45) is 99.8. The second-order valence-corrected chi connectivity index (χ2v) is 27.4. The molecule has 0 fully saturated rings. The molecule has 0 radical (unpaired) electrons. The number of hydrogen-bond acceptors (Lipinski definition) is 5. The first-order valence-electron chi connectivity index (χ1n) is 39.8. The molecule has 0 aliphatic heterocycles. The molecule has 6 heteroatoms. The highest BCUT2D eigenvalue weighted by atomic mass is 16.5. The number of unbranched alkanes of at least 4 members (excludes halogenated alkanes) is 60. The Hall–Kier alpha value is -1.92. The first kappa shape index (κ1) is 85.1. The van der Waals surface area contributed by atoms with Crippen LogP contribution in [-0.2, 0) is 14.3 Å². The molecule has 0 heterocycles. The maximum Gasteiger partial charge on any atom is 0.305 e. The zero-order chi connectivity index (χ0) is 62.8. The minimum atomic E-state index is -0.845. The lowest BCUT2D eigenvalue weighted by Crippen LogP contribution is -2.45. The van der Waals surface area contributed by atoms with Crippen molar-refractivity contribution < 1.29 is 24.5 Å². The Balaban J connectivity index is 3.39. The van der Waals surface area contributed by atoms with Crippen molar-refractivity contribution in [1.29, 1.82) is 0 Å². The molecular formula is C81H155NO5. The molecule has 514 valence electrons. The Morgan fingerprint density at radius 2 is 0.540 bits per heavy atom. The molecule has 0 saturated heterocycles. The van der Waals surface area contributed by atoms with Crippen molar-refractivity contribution >= 4 is 11.9 Å². The van der Waals surface area contributed by atoms with Gasteiger partial charge in [-0.1, -0.05) is 384 Å². The van der Waals surface area contributed by atoms with Crippen LogP contribution in [0.1, 0.15) is 444 Å². The highest BCUT2D eigenvalue weighted by Gasteiger charge is 2.18. The van der Waals surface area contributed by atoms with E-state index in [0.717, 1.165) is 44.9 Å². The number of esters is 1. The summed E-state index contributed by atoms with van der Waals surface area (Å²) in [6.45, 7) is 4.95. The predicted molar refractivity (Wildman–Crippen MR) is 384 cm³/mol. The highest BCUT2D eigenvalue weighted by molar-refractivity contribution is 5.76. The Morgan fingerprint density at radius 1 is 0.310 bits per heavy atom. The standard InChI is InChI=1S/C81H155NO5/c1-3-5-7-9-11-13-15-17-19-21-22-23-24-33-36-39-42-45-49-53-57-61-65-69-73-79(84)78(77-83)82-80(85)74-70-66-62-58-54-50-46-43-40-37-34-31-29-27-25-26-28-30-32-35-38-41-44-48-52-56-60-64-68-72-76-87-81(86)75-71-67-63-59-55-51-47-20-18-16-14-12-10-8-6-4-2/h20,26,28,47,69,73,78-79,83-84H,3-19,21-25,27,29-46,48-68,70-72,74-77H2,1-2H3,(H,82,85)/b28-26-,47-20-,73-69+. The van der Waals surface area contributed by atoms with Gasteiger partial charge in [0.1, 0.15) is 0 Å². The number of carbonyl (C=O) groups excluding carboxylic acids is 2. The third-order valence-electron chi connectivity index (χ3n) is 18.6. The summed E-state index contributed by atoms with van der Waals surface area (Å²) in [6, 6.07) is -0.629. The Bertz CT molecular complexity index is 1410. The van der Waals surface area contributed by atoms with Gasteiger partial charge in [-0.3, -0.25) is 9.59 Å². The van der Waals surface area contributed by atoms with Gasteiger partial charge in [-0.15, -0.1) is 0 Å². The van der Waals surface area contributed by atoms with E-state index in [4.69, 9.17) is 4.74 Å². The molecule has 2 unspecified atom stereocenters. The first-order valence-corrected chi connectivity index (χ1v) is 39.8. The fourth-order valence-electron chi connectivity index (χ4n) is 12.6. The van der Waals surface area contributed by atoms with Gasteiger partial charge in [0.05, 0.1) is 25.4 Å². The second-order valence-electron chi connectivity index (χ2n) is 27.4. The molecule has 0 aliphatic carbocycles. The maximum atomic E-state index is 12.6. The number of carbonyl (C=O) groups is 2. The minimum absolute atomic E-state index is 0.0102. The van der Waals surface area contributed by atoms with E-state index in [9.17, 15) is 19.8 Å². The molecule has 6 nitrogen and oxygen atoms in total. The molecule has 2 atom stereocenters. The molecule has 0 saturated carbocycles. The van der Waals surface area contributed by atoms with Crippen molar-refractivity contribution in [3.05, 3.63) is 36.5 Å². The molecule has 3 N–H and O–H groups in total. The predicted octanol–water partition coefficient (Wildman–Crippen LogP) is 26.2. The number of hydrogen-bond donors (Lipinski definition) is 3. The van der Waals surface area contributed by atoms with Crippen LogP contribution in [0.15, 0.2) is 36.5 Å². The Morgan fingerprint density at radius 3 is 0.816 bits per heavy atom. The van der Waals surface area contributed by atoms with E-state index in [-0.39, 0.29) is 18.5 Å². The van der Waals surface area contributed by atoms with E-state index >= 15 is 0 Å². The molecule has 0 aromatic heterocycles. The van der Waals surface area contributed by atoms with Crippen LogP contribution >= 0.6 is 0 Å². The van der Waals surface area contributed by atoms with Gasteiger partial charge < -0.3 is 20.3 Å². The van der Waals surface area contributed by atoms with Crippen LogP contribution in [0.2, 0.25) is 0 Å². The van der Waals surface area contributed by atoms with Gasteiger partial charge in [-0.2, -0.15) is 0 Å². The zero-order valence-electron chi connectivity index (χ0n) is 59.0. The van der Waals surface area contributed by atoms with E-state index in [2.05, 4.69) is 43.5 Å². The van der Waals surface area contributed by atoms with Crippen molar-refractivity contribution in [2.75, 3.05) is 13.2 Å². The van der Waals surface area contributed by atoms with Crippen LogP contribution in [0.5, 0.6) is 0 Å². The SMILES string of the molecule is CCCCCCCCC/C=C\CCCCCCCC(=O)OCCCCCCCCCCCCCC/C=C\CCCCCCCCCCCCCCCCC(=O)NC(CO)C(O)/C=C/CCCCCCCCCCCCCCCCCCCCCCCC. The first-order chi connectivity index (χ1) is 43.0. The van der Waals surface area contributed by atoms with Gasteiger partial charge in [0.15, 0.2) is 0 Å². The lowest BCUT2D eigenvalue weighted by atomic mass is 10.0. The highest BCUT2D eigenvalue weighted by Crippen LogP contribution is 2.19. The maximum absolute atomic E-state index is 12.6. The fourth-order valence-corrected chi connectivity index (χ4v) is 12.6. The second kappa shape index (κ2) is 76.5. The monoisotopic (exact) mass is 1220 g/mol. The quantitative estimate of drug-likeness (QED) is 0.0320. The number of aliphatic hydroxyl groups is 2. The molecule has 0 aromatic rings. The van der Waals surface area contributed by atoms with E-state index in [0.29, 0.717) is 19.4 Å². The van der Waals surface area contributed by atoms with Crippen molar-refractivity contribution in [3.63, 3.8) is 0 Å². The third kappa shape index (κ3) is 73.0. The van der Waals surface area contributed by atoms with Gasteiger partial charge in [0, 0.05) is 12.8 Å². The van der Waals surface area contributed by atoms with E-state index in [1.54, 1.807) is 6.08 Å². The largest absolute Gasteiger partial charge is 0.466 e. The molecule has 0 bridgehead atoms. The topological polar surface area (TPSA) is 95.9 Å². The third-order valence-corrected chi connectivity index (χ3v) is 18.6. The average molecular weight is 1220 g/mol. The Kier molecular flexibility index (Phi) is 74.8. The van der Waals surface area contributed by atoms with Gasteiger partial charge >= 0.3 is 5.97 Å². The average Bonchev–Trinajstić information content (AvgIpc) is 3.53. The molecule has 0 rings (SSSR count). The summed E-state index contributed by atoms with van der Waals surface area (Å²) in [5.74, 6) is -0.0514. The van der Waals surface area contributed by atoms with Crippen LogP contribution in [0.4, 0.5) is 0 Å². The molecule has 0 spiro atoms. The number of rotatable bonds is 75. The summed E-state index contributed by atoms with van der Waals surface area (Å²) in [5.41, 5.74) is 0. The van der Waals surface area contributed by atoms with E-state index in [1.807, 2.05) is 6.08 Å². The summed E-state index contributed by atoms with van der Waals surface area (Å²) in [4.78, 5) is 24.6. The summed E-state index contributed by atoms with van der Waals surface area (Å²) < 4.78 is 5.50. The van der Waals surface area contributed by atoms with Crippen LogP contribution in [0, 0.1) is 0 Å². The number of amides is 1. The van der Waals surface area contributed by atoms with Gasteiger partial charge in [-0.25, -0.2) is 0 Å². The molecule has 87 heavy (non-hydrogen) atoms. The molecular weight excluding hydrogens is 1070 g/mol. The summed E-state index contributed by atoms with van der Waals surface area (Å²) in [5, 5.41) is 23.3. The van der Waals surface area contributed by atoms with E-state index in [1.165, 1.54) is 372 Å². The smallest absolute Gasteiger partial charge is 0.305 e. The fraction of sp³-hybridized carbons (Fsp3) is 0.901. The van der Waals surface area contributed by atoms with Crippen LogP contribution < -0.4 is 5.32 Å². The summed E-state index contributed by atoms with van der Waals surface area (Å²) >= 11 is 0. The van der Waals surface area contributed by atoms with Gasteiger partial charge in [-0.05, 0) is 83.5 Å². The Labute approximate surface area is 544 Å². The molecule has 1 amide bonds. The van der Waals surface area contributed by atoms with Gasteiger partial charge in [0.2, 0.25) is 5.91 Å². The van der Waals surface area contributed by atoms with Crippen molar-refractivity contribution in [3.8, 4) is 0 Å². The number of nitrogens with one attached hydrogen (secondary N) is 1. The van der Waals surface area contributed by atoms with E-state index < -0.39 is 12.1 Å². The number of ether oxygens (including phenoxy) is 1. The minimum Gasteiger partial charge on any atom is -0.466 e. The normalized spacial score (nSPS) is 12.6. The summed E-state index contributed by atoms with van der Waals surface area (Å²) in [7, 11) is 0. The zero-order valence-corrected chi connectivity index (χ0v) is 59.0. The lowest BCUT2D eigenvalue weighted by molar-refractivity contribution is -0.143. The van der Waals surface area contributed by atoms with Crippen molar-refractivity contribution in [2.24, 2.45) is 0 Å². The number of aliphatic hydroxyl groups excluding tert-OH is 2.